The number of ether oxygens (including phenoxy) is 1. The van der Waals surface area contributed by atoms with Crippen LogP contribution in [0.5, 0.6) is 0 Å². The molecule has 1 heterocycles. The van der Waals surface area contributed by atoms with Crippen LogP contribution in [-0.2, 0) is 11.3 Å². The van der Waals surface area contributed by atoms with Crippen LogP contribution >= 0.6 is 23.4 Å². The van der Waals surface area contributed by atoms with Crippen molar-refractivity contribution in [2.75, 3.05) is 25.2 Å². The lowest BCUT2D eigenvalue weighted by atomic mass is 10.1. The van der Waals surface area contributed by atoms with E-state index in [0.717, 1.165) is 15.4 Å². The predicted molar refractivity (Wildman–Crippen MR) is 123 cm³/mol. The molecule has 2 amide bonds. The fourth-order valence-electron chi connectivity index (χ4n) is 3.38. The molecule has 0 radical (unpaired) electrons. The number of amides is 2. The highest BCUT2D eigenvalue weighted by atomic mass is 35.5. The highest BCUT2D eigenvalue weighted by molar-refractivity contribution is 7.99. The first-order valence-electron chi connectivity index (χ1n) is 9.82. The molecule has 3 aromatic rings. The Morgan fingerprint density at radius 3 is 2.65 bits per heavy atom. The highest BCUT2D eigenvalue weighted by Gasteiger charge is 2.28. The molecule has 31 heavy (non-hydrogen) atoms. The number of rotatable bonds is 6. The quantitative estimate of drug-likeness (QED) is 0.533. The minimum Gasteiger partial charge on any atom is -0.383 e. The summed E-state index contributed by atoms with van der Waals surface area (Å²) in [5.41, 5.74) is 2.63. The Hall–Kier alpha value is -2.80. The van der Waals surface area contributed by atoms with Gasteiger partial charge < -0.3 is 15.0 Å². The molecule has 4 rings (SSSR count). The second-order valence-electron chi connectivity index (χ2n) is 7.01. The highest BCUT2D eigenvalue weighted by Crippen LogP contribution is 2.42. The van der Waals surface area contributed by atoms with Crippen molar-refractivity contribution in [3.63, 3.8) is 0 Å². The van der Waals surface area contributed by atoms with Crippen molar-refractivity contribution in [1.82, 2.24) is 5.32 Å². The Labute approximate surface area is 190 Å². The SMILES string of the molecule is COCCNC(=O)c1ccc2c(c1)N(Cc1ccccc1Cl)C(=O)c1ccccc1S2. The van der Waals surface area contributed by atoms with Gasteiger partial charge in [0.15, 0.2) is 0 Å². The Balaban J connectivity index is 1.77. The molecule has 0 saturated heterocycles. The lowest BCUT2D eigenvalue weighted by Crippen LogP contribution is -2.31. The molecule has 7 heteroatoms. The van der Waals surface area contributed by atoms with E-state index in [9.17, 15) is 9.59 Å². The number of hydrogen-bond acceptors (Lipinski definition) is 4. The van der Waals surface area contributed by atoms with Gasteiger partial charge in [0.05, 0.1) is 24.4 Å². The molecule has 0 unspecified atom stereocenters. The van der Waals surface area contributed by atoms with Crippen molar-refractivity contribution < 1.29 is 14.3 Å². The molecule has 1 aliphatic heterocycles. The third kappa shape index (κ3) is 4.61. The maximum Gasteiger partial charge on any atom is 0.259 e. The molecular weight excluding hydrogens is 432 g/mol. The Morgan fingerprint density at radius 2 is 1.84 bits per heavy atom. The normalized spacial score (nSPS) is 12.7. The lowest BCUT2D eigenvalue weighted by Gasteiger charge is -2.24. The Bertz CT molecular complexity index is 1140. The van der Waals surface area contributed by atoms with Gasteiger partial charge in [-0.25, -0.2) is 0 Å². The van der Waals surface area contributed by atoms with Gasteiger partial charge in [0, 0.05) is 34.0 Å². The first kappa shape index (κ1) is 21.4. The molecule has 3 aromatic carbocycles. The lowest BCUT2D eigenvalue weighted by molar-refractivity contribution is 0.0934. The number of anilines is 1. The van der Waals surface area contributed by atoms with Crippen molar-refractivity contribution >= 4 is 40.9 Å². The van der Waals surface area contributed by atoms with Crippen LogP contribution < -0.4 is 10.2 Å². The fraction of sp³-hybridized carbons (Fsp3) is 0.167. The third-order valence-corrected chi connectivity index (χ3v) is 6.48. The van der Waals surface area contributed by atoms with Gasteiger partial charge in [-0.05, 0) is 42.0 Å². The zero-order chi connectivity index (χ0) is 21.8. The second-order valence-corrected chi connectivity index (χ2v) is 8.50. The number of nitrogens with zero attached hydrogens (tertiary/aromatic N) is 1. The number of hydrogen-bond donors (Lipinski definition) is 1. The summed E-state index contributed by atoms with van der Waals surface area (Å²) in [6.07, 6.45) is 0. The van der Waals surface area contributed by atoms with Crippen LogP contribution in [0.1, 0.15) is 26.3 Å². The van der Waals surface area contributed by atoms with Gasteiger partial charge in [-0.3, -0.25) is 9.59 Å². The van der Waals surface area contributed by atoms with Crippen LogP contribution in [-0.4, -0.2) is 32.1 Å². The zero-order valence-corrected chi connectivity index (χ0v) is 18.5. The molecule has 0 atom stereocenters. The van der Waals surface area contributed by atoms with Gasteiger partial charge in [-0.1, -0.05) is 53.7 Å². The van der Waals surface area contributed by atoms with E-state index in [1.54, 1.807) is 24.1 Å². The number of halogens is 1. The van der Waals surface area contributed by atoms with Crippen molar-refractivity contribution in [3.8, 4) is 0 Å². The van der Waals surface area contributed by atoms with Crippen LogP contribution in [0.3, 0.4) is 0 Å². The summed E-state index contributed by atoms with van der Waals surface area (Å²) >= 11 is 7.91. The molecular formula is C24H21ClN2O3S. The number of benzene rings is 3. The molecule has 1 aliphatic rings. The van der Waals surface area contributed by atoms with Gasteiger partial charge in [0.25, 0.3) is 11.8 Å². The molecule has 0 aromatic heterocycles. The van der Waals surface area contributed by atoms with Gasteiger partial charge in [-0.15, -0.1) is 0 Å². The van der Waals surface area contributed by atoms with Crippen molar-refractivity contribution in [1.29, 1.82) is 0 Å². The van der Waals surface area contributed by atoms with E-state index >= 15 is 0 Å². The second kappa shape index (κ2) is 9.56. The van der Waals surface area contributed by atoms with E-state index in [1.807, 2.05) is 54.6 Å². The maximum atomic E-state index is 13.6. The summed E-state index contributed by atoms with van der Waals surface area (Å²) in [5.74, 6) is -0.338. The number of nitrogens with one attached hydrogen (secondary N) is 1. The summed E-state index contributed by atoms with van der Waals surface area (Å²) in [7, 11) is 1.58. The summed E-state index contributed by atoms with van der Waals surface area (Å²) < 4.78 is 5.00. The van der Waals surface area contributed by atoms with Crippen molar-refractivity contribution in [2.45, 2.75) is 16.3 Å². The molecule has 158 valence electrons. The molecule has 0 saturated carbocycles. The summed E-state index contributed by atoms with van der Waals surface area (Å²) in [6, 6.07) is 20.4. The molecule has 5 nitrogen and oxygen atoms in total. The van der Waals surface area contributed by atoms with Crippen LogP contribution in [0.4, 0.5) is 5.69 Å². The van der Waals surface area contributed by atoms with E-state index in [-0.39, 0.29) is 11.8 Å². The van der Waals surface area contributed by atoms with Crippen LogP contribution in [0.2, 0.25) is 5.02 Å². The van der Waals surface area contributed by atoms with Gasteiger partial charge >= 0.3 is 0 Å². The predicted octanol–water partition coefficient (Wildman–Crippen LogP) is 5.03. The average Bonchev–Trinajstić information content (AvgIpc) is 2.90. The summed E-state index contributed by atoms with van der Waals surface area (Å²) in [6.45, 7) is 1.14. The van der Waals surface area contributed by atoms with E-state index < -0.39 is 0 Å². The maximum absolute atomic E-state index is 13.6. The minimum absolute atomic E-state index is 0.126. The van der Waals surface area contributed by atoms with Gasteiger partial charge in [0.2, 0.25) is 0 Å². The van der Waals surface area contributed by atoms with Gasteiger partial charge in [0.1, 0.15) is 0 Å². The van der Waals surface area contributed by atoms with E-state index in [0.29, 0.717) is 41.5 Å². The average molecular weight is 453 g/mol. The van der Waals surface area contributed by atoms with Crippen LogP contribution in [0.15, 0.2) is 76.5 Å². The van der Waals surface area contributed by atoms with Crippen molar-refractivity contribution in [3.05, 3.63) is 88.4 Å². The summed E-state index contributed by atoms with van der Waals surface area (Å²) in [4.78, 5) is 29.7. The van der Waals surface area contributed by atoms with Crippen LogP contribution in [0.25, 0.3) is 0 Å². The molecule has 0 fully saturated rings. The third-order valence-electron chi connectivity index (χ3n) is 4.97. The standard InChI is InChI=1S/C24H21ClN2O3S/c1-30-13-12-26-23(28)16-10-11-22-20(14-16)27(15-17-6-2-4-8-19(17)25)24(29)18-7-3-5-9-21(18)31-22/h2-11,14H,12-13,15H2,1H3,(H,26,28). The largest absolute Gasteiger partial charge is 0.383 e. The fourth-order valence-corrected chi connectivity index (χ4v) is 4.64. The summed E-state index contributed by atoms with van der Waals surface area (Å²) in [5, 5.41) is 3.42. The first-order chi connectivity index (χ1) is 15.1. The van der Waals surface area contributed by atoms with E-state index in [2.05, 4.69) is 5.32 Å². The van der Waals surface area contributed by atoms with Gasteiger partial charge in [-0.2, -0.15) is 0 Å². The van der Waals surface area contributed by atoms with Crippen LogP contribution in [0, 0.1) is 0 Å². The molecule has 1 N–H and O–H groups in total. The zero-order valence-electron chi connectivity index (χ0n) is 16.9. The topological polar surface area (TPSA) is 58.6 Å². The Kier molecular flexibility index (Phi) is 6.61. The minimum atomic E-state index is -0.211. The Morgan fingerprint density at radius 1 is 1.06 bits per heavy atom. The number of carbonyl (C=O) groups excluding carboxylic acids is 2. The monoisotopic (exact) mass is 452 g/mol. The molecule has 0 aliphatic carbocycles. The van der Waals surface area contributed by atoms with E-state index in [1.165, 1.54) is 11.8 Å². The number of methoxy groups -OCH3 is 1. The van der Waals surface area contributed by atoms with Crippen molar-refractivity contribution in [2.24, 2.45) is 0 Å². The number of fused-ring (bicyclic) bond motifs is 2. The first-order valence-corrected chi connectivity index (χ1v) is 11.0. The smallest absolute Gasteiger partial charge is 0.259 e. The molecule has 0 bridgehead atoms. The number of carbonyl (C=O) groups is 2. The molecule has 0 spiro atoms. The van der Waals surface area contributed by atoms with E-state index in [4.69, 9.17) is 16.3 Å².